The van der Waals surface area contributed by atoms with E-state index >= 15 is 0 Å². The standard InChI is InChI=1S/C21H41N3O10/c1-21(19-34-16-20(25)26,17-32-14-12-30-10-8-28-6-3-5-27-2)18-33-15-13-31-11-9-29-7-4-23-24-22/h3-19H2,1-2H3,(H,25,26). The fraction of sp³-hybridized carbons (Fsp3) is 0.952. The molecule has 0 fully saturated rings. The molecular formula is C21H41N3O10. The highest BCUT2D eigenvalue weighted by molar-refractivity contribution is 5.67. The molecule has 0 aromatic carbocycles. The van der Waals surface area contributed by atoms with Crippen LogP contribution in [0.5, 0.6) is 0 Å². The van der Waals surface area contributed by atoms with Gasteiger partial charge < -0.3 is 43.0 Å². The highest BCUT2D eigenvalue weighted by atomic mass is 16.6. The van der Waals surface area contributed by atoms with Crippen LogP contribution in [0.4, 0.5) is 0 Å². The average molecular weight is 496 g/mol. The molecule has 0 aliphatic heterocycles. The van der Waals surface area contributed by atoms with Crippen LogP contribution in [-0.2, 0) is 42.7 Å². The summed E-state index contributed by atoms with van der Waals surface area (Å²) in [5.41, 5.74) is 7.63. The highest BCUT2D eigenvalue weighted by Gasteiger charge is 2.26. The van der Waals surface area contributed by atoms with Gasteiger partial charge in [0.25, 0.3) is 0 Å². The van der Waals surface area contributed by atoms with Crippen LogP contribution in [0.3, 0.4) is 0 Å². The van der Waals surface area contributed by atoms with Crippen molar-refractivity contribution in [1.82, 2.24) is 0 Å². The Kier molecular flexibility index (Phi) is 23.5. The van der Waals surface area contributed by atoms with E-state index in [4.69, 9.17) is 48.5 Å². The first-order valence-electron chi connectivity index (χ1n) is 11.3. The number of ether oxygens (including phenoxy) is 8. The quantitative estimate of drug-likeness (QED) is 0.0766. The summed E-state index contributed by atoms with van der Waals surface area (Å²) in [5.74, 6) is -1.03. The van der Waals surface area contributed by atoms with Gasteiger partial charge in [-0.1, -0.05) is 12.0 Å². The van der Waals surface area contributed by atoms with E-state index in [-0.39, 0.29) is 13.2 Å². The summed E-state index contributed by atoms with van der Waals surface area (Å²) in [7, 11) is 1.66. The van der Waals surface area contributed by atoms with Crippen molar-refractivity contribution < 1.29 is 47.8 Å². The topological polar surface area (TPSA) is 160 Å². The molecule has 0 bridgehead atoms. The maximum Gasteiger partial charge on any atom is 0.329 e. The van der Waals surface area contributed by atoms with Crippen molar-refractivity contribution in [2.75, 3.05) is 113 Å². The molecule has 0 rings (SSSR count). The van der Waals surface area contributed by atoms with Crippen LogP contribution in [0.2, 0.25) is 0 Å². The average Bonchev–Trinajstić information content (AvgIpc) is 2.81. The number of azide groups is 1. The van der Waals surface area contributed by atoms with Gasteiger partial charge in [-0.3, -0.25) is 0 Å². The van der Waals surface area contributed by atoms with E-state index in [0.717, 1.165) is 6.42 Å². The van der Waals surface area contributed by atoms with Crippen LogP contribution in [0.25, 0.3) is 10.4 Å². The summed E-state index contributed by atoms with van der Waals surface area (Å²) in [4.78, 5) is 13.4. The normalized spacial score (nSPS) is 12.9. The summed E-state index contributed by atoms with van der Waals surface area (Å²) < 4.78 is 43.1. The summed E-state index contributed by atoms with van der Waals surface area (Å²) in [5, 5.41) is 12.2. The molecule has 1 unspecified atom stereocenters. The second-order valence-electron chi connectivity index (χ2n) is 7.55. The summed E-state index contributed by atoms with van der Waals surface area (Å²) in [6.07, 6.45) is 0.852. The molecule has 13 nitrogen and oxygen atoms in total. The van der Waals surface area contributed by atoms with Crippen LogP contribution >= 0.6 is 0 Å². The van der Waals surface area contributed by atoms with E-state index < -0.39 is 11.4 Å². The molecule has 0 amide bonds. The first kappa shape index (κ1) is 32.5. The third-order valence-electron chi connectivity index (χ3n) is 4.10. The Labute approximate surface area is 201 Å². The molecule has 0 aromatic rings. The van der Waals surface area contributed by atoms with Gasteiger partial charge in [0.05, 0.1) is 79.3 Å². The Morgan fingerprint density at radius 3 is 1.74 bits per heavy atom. The first-order valence-corrected chi connectivity index (χ1v) is 11.3. The lowest BCUT2D eigenvalue weighted by Crippen LogP contribution is -2.36. The maximum atomic E-state index is 10.7. The van der Waals surface area contributed by atoms with Crippen molar-refractivity contribution in [2.45, 2.75) is 13.3 Å². The highest BCUT2D eigenvalue weighted by Crippen LogP contribution is 2.18. The molecule has 0 radical (unpaired) electrons. The van der Waals surface area contributed by atoms with Gasteiger partial charge in [-0.2, -0.15) is 0 Å². The van der Waals surface area contributed by atoms with E-state index in [1.54, 1.807) is 7.11 Å². The van der Waals surface area contributed by atoms with E-state index in [1.807, 2.05) is 6.92 Å². The smallest absolute Gasteiger partial charge is 0.329 e. The molecule has 34 heavy (non-hydrogen) atoms. The Morgan fingerprint density at radius 1 is 0.765 bits per heavy atom. The zero-order valence-electron chi connectivity index (χ0n) is 20.5. The number of carboxylic acids is 1. The van der Waals surface area contributed by atoms with Crippen LogP contribution in [-0.4, -0.2) is 124 Å². The molecule has 0 aromatic heterocycles. The van der Waals surface area contributed by atoms with Crippen LogP contribution in [0.1, 0.15) is 13.3 Å². The third kappa shape index (κ3) is 23.6. The minimum absolute atomic E-state index is 0.176. The lowest BCUT2D eigenvalue weighted by molar-refractivity contribution is -0.145. The third-order valence-corrected chi connectivity index (χ3v) is 4.10. The number of aliphatic carboxylic acids is 1. The lowest BCUT2D eigenvalue weighted by atomic mass is 9.94. The van der Waals surface area contributed by atoms with E-state index in [9.17, 15) is 4.79 Å². The van der Waals surface area contributed by atoms with Crippen molar-refractivity contribution in [3.63, 3.8) is 0 Å². The van der Waals surface area contributed by atoms with Crippen molar-refractivity contribution >= 4 is 5.97 Å². The number of carboxylic acid groups (broad SMARTS) is 1. The van der Waals surface area contributed by atoms with Crippen molar-refractivity contribution in [3.8, 4) is 0 Å². The fourth-order valence-electron chi connectivity index (χ4n) is 2.48. The summed E-state index contributed by atoms with van der Waals surface area (Å²) in [6.45, 7) is 7.66. The molecule has 200 valence electrons. The predicted octanol–water partition coefficient (Wildman–Crippen LogP) is 1.54. The molecule has 1 atom stereocenters. The number of methoxy groups -OCH3 is 1. The Bertz CT molecular complexity index is 523. The van der Waals surface area contributed by atoms with Gasteiger partial charge in [-0.05, 0) is 12.0 Å². The minimum Gasteiger partial charge on any atom is -0.480 e. The van der Waals surface area contributed by atoms with E-state index in [1.165, 1.54) is 0 Å². The van der Waals surface area contributed by atoms with Crippen molar-refractivity contribution in [1.29, 1.82) is 0 Å². The summed E-state index contributed by atoms with van der Waals surface area (Å²) >= 11 is 0. The van der Waals surface area contributed by atoms with Gasteiger partial charge in [-0.15, -0.1) is 0 Å². The molecule has 1 N–H and O–H groups in total. The van der Waals surface area contributed by atoms with Gasteiger partial charge in [0.2, 0.25) is 0 Å². The largest absolute Gasteiger partial charge is 0.480 e. The molecule has 0 aliphatic rings. The van der Waals surface area contributed by atoms with Crippen LogP contribution < -0.4 is 0 Å². The zero-order valence-corrected chi connectivity index (χ0v) is 20.5. The molecule has 0 heterocycles. The monoisotopic (exact) mass is 495 g/mol. The Morgan fingerprint density at radius 2 is 1.24 bits per heavy atom. The van der Waals surface area contributed by atoms with Gasteiger partial charge in [-0.25, -0.2) is 4.79 Å². The van der Waals surface area contributed by atoms with E-state index in [0.29, 0.717) is 92.4 Å². The molecule has 0 spiro atoms. The Hall–Kier alpha value is -1.54. The number of hydrogen-bond donors (Lipinski definition) is 1. The number of rotatable bonds is 27. The minimum atomic E-state index is -1.03. The predicted molar refractivity (Wildman–Crippen MR) is 122 cm³/mol. The first-order chi connectivity index (χ1) is 16.5. The van der Waals surface area contributed by atoms with Gasteiger partial charge >= 0.3 is 5.97 Å². The maximum absolute atomic E-state index is 10.7. The fourth-order valence-corrected chi connectivity index (χ4v) is 2.48. The molecule has 0 saturated carbocycles. The van der Waals surface area contributed by atoms with Gasteiger partial charge in [0.15, 0.2) is 0 Å². The number of hydrogen-bond acceptors (Lipinski definition) is 10. The van der Waals surface area contributed by atoms with Crippen molar-refractivity contribution in [3.05, 3.63) is 10.4 Å². The van der Waals surface area contributed by atoms with Gasteiger partial charge in [0, 0.05) is 37.2 Å². The SMILES string of the molecule is COCCCOCCOCCOCC(C)(COCCOCCOCCN=[N+]=[N-])COCC(=O)O. The molecule has 13 heteroatoms. The molecule has 0 saturated heterocycles. The summed E-state index contributed by atoms with van der Waals surface area (Å²) in [6, 6.07) is 0. The zero-order chi connectivity index (χ0) is 25.2. The second-order valence-corrected chi connectivity index (χ2v) is 7.55. The molecular weight excluding hydrogens is 454 g/mol. The van der Waals surface area contributed by atoms with Crippen LogP contribution in [0, 0.1) is 5.41 Å². The van der Waals surface area contributed by atoms with Crippen LogP contribution in [0.15, 0.2) is 5.11 Å². The van der Waals surface area contributed by atoms with Gasteiger partial charge in [0.1, 0.15) is 6.61 Å². The van der Waals surface area contributed by atoms with Crippen molar-refractivity contribution in [2.24, 2.45) is 10.5 Å². The molecule has 0 aliphatic carbocycles. The lowest BCUT2D eigenvalue weighted by Gasteiger charge is -2.28. The Balaban J connectivity index is 3.92. The second kappa shape index (κ2) is 24.6. The van der Waals surface area contributed by atoms with E-state index in [2.05, 4.69) is 10.0 Å². The number of carbonyl (C=O) groups is 1. The number of nitrogens with zero attached hydrogens (tertiary/aromatic N) is 3.